The fraction of sp³-hybridized carbons (Fsp3) is 0.308. The molecule has 0 N–H and O–H groups in total. The molecule has 0 atom stereocenters. The Kier molecular flexibility index (Phi) is 4.68. The summed E-state index contributed by atoms with van der Waals surface area (Å²) in [7, 11) is 0. The van der Waals surface area contributed by atoms with Gasteiger partial charge in [0.1, 0.15) is 6.42 Å². The Morgan fingerprint density at radius 2 is 2.21 bits per heavy atom. The van der Waals surface area contributed by atoms with Gasteiger partial charge in [-0.3, -0.25) is 4.79 Å². The Morgan fingerprint density at radius 1 is 1.42 bits per heavy atom. The van der Waals surface area contributed by atoms with Gasteiger partial charge >= 0.3 is 5.97 Å². The van der Waals surface area contributed by atoms with E-state index in [1.807, 2.05) is 24.3 Å². The van der Waals surface area contributed by atoms with Crippen LogP contribution in [-0.2, 0) is 22.4 Å². The highest BCUT2D eigenvalue weighted by molar-refractivity contribution is 9.10. The number of hydrogen-bond donors (Lipinski definition) is 0. The minimum absolute atomic E-state index is 0.0107. The van der Waals surface area contributed by atoms with Crippen molar-refractivity contribution in [3.05, 3.63) is 46.0 Å². The van der Waals surface area contributed by atoms with Gasteiger partial charge < -0.3 is 9.26 Å². The van der Waals surface area contributed by atoms with Crippen molar-refractivity contribution in [2.45, 2.75) is 19.8 Å². The molecule has 0 spiro atoms. The molecule has 19 heavy (non-hydrogen) atoms. The first-order valence-corrected chi connectivity index (χ1v) is 6.69. The molecule has 0 radical (unpaired) electrons. The monoisotopic (exact) mass is 324 g/mol. The molecule has 0 saturated carbocycles. The van der Waals surface area contributed by atoms with Crippen molar-refractivity contribution in [1.82, 2.24) is 10.1 Å². The number of nitrogens with zero attached hydrogens (tertiary/aromatic N) is 2. The van der Waals surface area contributed by atoms with Crippen LogP contribution in [-0.4, -0.2) is 22.7 Å². The predicted molar refractivity (Wildman–Crippen MR) is 71.6 cm³/mol. The number of rotatable bonds is 5. The van der Waals surface area contributed by atoms with E-state index in [2.05, 4.69) is 26.1 Å². The summed E-state index contributed by atoms with van der Waals surface area (Å²) >= 11 is 3.46. The zero-order chi connectivity index (χ0) is 13.7. The Morgan fingerprint density at radius 3 is 2.95 bits per heavy atom. The second-order valence-electron chi connectivity index (χ2n) is 3.85. The van der Waals surface area contributed by atoms with Crippen molar-refractivity contribution in [2.24, 2.45) is 0 Å². The second-order valence-corrected chi connectivity index (χ2v) is 4.71. The maximum Gasteiger partial charge on any atom is 0.315 e. The van der Waals surface area contributed by atoms with Crippen LogP contribution in [0.4, 0.5) is 0 Å². The quantitative estimate of drug-likeness (QED) is 0.791. The molecule has 1 aromatic carbocycles. The van der Waals surface area contributed by atoms with Gasteiger partial charge in [-0.15, -0.1) is 0 Å². The van der Waals surface area contributed by atoms with Crippen molar-refractivity contribution >= 4 is 21.9 Å². The third-order valence-corrected chi connectivity index (χ3v) is 3.19. The Balaban J connectivity index is 2.02. The number of aromatic nitrogens is 2. The fourth-order valence-electron chi connectivity index (χ4n) is 1.58. The molecule has 0 aliphatic heterocycles. The minimum atomic E-state index is -0.362. The highest BCUT2D eigenvalue weighted by Gasteiger charge is 2.12. The van der Waals surface area contributed by atoms with E-state index in [1.165, 1.54) is 0 Å². The van der Waals surface area contributed by atoms with Crippen molar-refractivity contribution in [3.8, 4) is 0 Å². The first-order chi connectivity index (χ1) is 9.19. The lowest BCUT2D eigenvalue weighted by atomic mass is 10.1. The molecule has 1 heterocycles. The zero-order valence-corrected chi connectivity index (χ0v) is 12.0. The van der Waals surface area contributed by atoms with Crippen LogP contribution < -0.4 is 0 Å². The van der Waals surface area contributed by atoms with Crippen molar-refractivity contribution in [2.75, 3.05) is 6.61 Å². The summed E-state index contributed by atoms with van der Waals surface area (Å²) in [6, 6.07) is 7.82. The van der Waals surface area contributed by atoms with Crippen LogP contribution in [0.2, 0.25) is 0 Å². The number of esters is 1. The van der Waals surface area contributed by atoms with Gasteiger partial charge in [0.25, 0.3) is 0 Å². The van der Waals surface area contributed by atoms with Crippen LogP contribution >= 0.6 is 15.9 Å². The number of hydrogen-bond acceptors (Lipinski definition) is 5. The molecular weight excluding hydrogens is 312 g/mol. The molecule has 6 heteroatoms. The van der Waals surface area contributed by atoms with E-state index in [0.29, 0.717) is 18.9 Å². The molecule has 100 valence electrons. The van der Waals surface area contributed by atoms with E-state index in [9.17, 15) is 4.79 Å². The van der Waals surface area contributed by atoms with Gasteiger partial charge in [0.05, 0.1) is 6.61 Å². The first-order valence-electron chi connectivity index (χ1n) is 5.89. The lowest BCUT2D eigenvalue weighted by Gasteiger charge is -1.99. The minimum Gasteiger partial charge on any atom is -0.466 e. The summed E-state index contributed by atoms with van der Waals surface area (Å²) in [5.74, 6) is 0.463. The van der Waals surface area contributed by atoms with Gasteiger partial charge in [-0.1, -0.05) is 39.3 Å². The summed E-state index contributed by atoms with van der Waals surface area (Å²) in [5.41, 5.74) is 1.06. The van der Waals surface area contributed by atoms with Crippen LogP contribution in [0.15, 0.2) is 33.3 Å². The molecular formula is C13H13BrN2O3. The molecule has 0 aliphatic carbocycles. The SMILES string of the molecule is CCOC(=O)Cc1nc(Cc2ccccc2Br)no1. The van der Waals surface area contributed by atoms with Crippen LogP contribution in [0, 0.1) is 0 Å². The maximum absolute atomic E-state index is 11.3. The highest BCUT2D eigenvalue weighted by Crippen LogP contribution is 2.18. The molecule has 0 unspecified atom stereocenters. The standard InChI is InChI=1S/C13H13BrN2O3/c1-2-18-13(17)8-12-15-11(16-19-12)7-9-5-3-4-6-10(9)14/h3-6H,2,7-8H2,1H3. The molecule has 2 rings (SSSR count). The van der Waals surface area contributed by atoms with Gasteiger partial charge in [0.2, 0.25) is 5.89 Å². The molecule has 2 aromatic rings. The number of carbonyl (C=O) groups is 1. The number of halogens is 1. The van der Waals surface area contributed by atoms with Gasteiger partial charge in [-0.05, 0) is 18.6 Å². The van der Waals surface area contributed by atoms with Gasteiger partial charge in [-0.2, -0.15) is 4.98 Å². The van der Waals surface area contributed by atoms with E-state index in [1.54, 1.807) is 6.92 Å². The molecule has 1 aromatic heterocycles. The summed E-state index contributed by atoms with van der Waals surface area (Å²) < 4.78 is 10.8. The van der Waals surface area contributed by atoms with Gasteiger partial charge in [0.15, 0.2) is 5.82 Å². The molecule has 0 fully saturated rings. The number of carbonyl (C=O) groups excluding carboxylic acids is 1. The average Bonchev–Trinajstić information content (AvgIpc) is 2.80. The van der Waals surface area contributed by atoms with Crippen molar-refractivity contribution < 1.29 is 14.1 Å². The normalized spacial score (nSPS) is 10.4. The molecule has 0 saturated heterocycles. The maximum atomic E-state index is 11.3. The largest absolute Gasteiger partial charge is 0.466 e. The topological polar surface area (TPSA) is 65.2 Å². The van der Waals surface area contributed by atoms with Crippen LogP contribution in [0.25, 0.3) is 0 Å². The third-order valence-electron chi connectivity index (χ3n) is 2.42. The third kappa shape index (κ3) is 3.89. The van der Waals surface area contributed by atoms with E-state index < -0.39 is 0 Å². The van der Waals surface area contributed by atoms with Gasteiger partial charge in [0, 0.05) is 10.9 Å². The van der Waals surface area contributed by atoms with Crippen LogP contribution in [0.1, 0.15) is 24.2 Å². The molecule has 0 aliphatic rings. The van der Waals surface area contributed by atoms with E-state index in [-0.39, 0.29) is 18.3 Å². The zero-order valence-electron chi connectivity index (χ0n) is 10.4. The van der Waals surface area contributed by atoms with E-state index >= 15 is 0 Å². The highest BCUT2D eigenvalue weighted by atomic mass is 79.9. The summed E-state index contributed by atoms with van der Waals surface area (Å²) in [6.45, 7) is 2.10. The predicted octanol–water partition coefficient (Wildman–Crippen LogP) is 2.53. The van der Waals surface area contributed by atoms with E-state index in [0.717, 1.165) is 10.0 Å². The number of ether oxygens (including phenoxy) is 1. The fourth-order valence-corrected chi connectivity index (χ4v) is 2.01. The summed E-state index contributed by atoms with van der Waals surface area (Å²) in [6.07, 6.45) is 0.560. The average molecular weight is 325 g/mol. The Bertz CT molecular complexity index is 569. The Labute approximate surface area is 119 Å². The second kappa shape index (κ2) is 6.47. The van der Waals surface area contributed by atoms with E-state index in [4.69, 9.17) is 9.26 Å². The van der Waals surface area contributed by atoms with Crippen LogP contribution in [0.3, 0.4) is 0 Å². The van der Waals surface area contributed by atoms with Gasteiger partial charge in [-0.25, -0.2) is 0 Å². The van der Waals surface area contributed by atoms with Crippen molar-refractivity contribution in [1.29, 1.82) is 0 Å². The lowest BCUT2D eigenvalue weighted by molar-refractivity contribution is -0.142. The lowest BCUT2D eigenvalue weighted by Crippen LogP contribution is -2.07. The molecule has 0 amide bonds. The molecule has 0 bridgehead atoms. The van der Waals surface area contributed by atoms with Crippen molar-refractivity contribution in [3.63, 3.8) is 0 Å². The number of benzene rings is 1. The summed E-state index contributed by atoms with van der Waals surface area (Å²) in [5, 5.41) is 3.85. The molecule has 5 nitrogen and oxygen atoms in total. The first kappa shape index (κ1) is 13.7. The Hall–Kier alpha value is -1.69. The van der Waals surface area contributed by atoms with Crippen LogP contribution in [0.5, 0.6) is 0 Å². The summed E-state index contributed by atoms with van der Waals surface area (Å²) in [4.78, 5) is 15.4. The smallest absolute Gasteiger partial charge is 0.315 e.